The summed E-state index contributed by atoms with van der Waals surface area (Å²) in [6.45, 7) is 4.40. The van der Waals surface area contributed by atoms with E-state index in [0.717, 1.165) is 0 Å². The van der Waals surface area contributed by atoms with E-state index in [-0.39, 0.29) is 24.7 Å². The first-order valence-electron chi connectivity index (χ1n) is 7.56. The summed E-state index contributed by atoms with van der Waals surface area (Å²) in [5.74, 6) is -2.46. The number of carbonyl (C=O) groups excluding carboxylic acids is 4. The lowest BCUT2D eigenvalue weighted by molar-refractivity contribution is -0.174. The molecule has 2 fully saturated rings. The van der Waals surface area contributed by atoms with Gasteiger partial charge in [0.1, 0.15) is 11.1 Å². The number of ether oxygens (including phenoxy) is 4. The number of rotatable bonds is 2. The van der Waals surface area contributed by atoms with Gasteiger partial charge in [-0.05, 0) is 38.6 Å². The predicted molar refractivity (Wildman–Crippen MR) is 88.0 cm³/mol. The molecule has 9 nitrogen and oxygen atoms in total. The first-order valence-corrected chi connectivity index (χ1v) is 7.56. The van der Waals surface area contributed by atoms with E-state index in [1.54, 1.807) is 37.9 Å². The van der Waals surface area contributed by atoms with E-state index in [2.05, 4.69) is 18.9 Å². The van der Waals surface area contributed by atoms with Gasteiger partial charge in [0, 0.05) is 14.1 Å². The summed E-state index contributed by atoms with van der Waals surface area (Å²) in [4.78, 5) is 46.1. The third-order valence-electron chi connectivity index (χ3n) is 3.09. The number of nitrogens with zero attached hydrogens (tertiary/aromatic N) is 1. The third-order valence-corrected chi connectivity index (χ3v) is 3.09. The second-order valence-corrected chi connectivity index (χ2v) is 5.68. The van der Waals surface area contributed by atoms with Crippen molar-refractivity contribution in [1.82, 2.24) is 4.90 Å². The topological polar surface area (TPSA) is 108 Å². The summed E-state index contributed by atoms with van der Waals surface area (Å²) in [5, 5.41) is 0. The number of hydrogen-bond donors (Lipinski definition) is 0. The zero-order valence-corrected chi connectivity index (χ0v) is 15.3. The number of hydrogen-bond acceptors (Lipinski definition) is 9. The fourth-order valence-electron chi connectivity index (χ4n) is 1.80. The summed E-state index contributed by atoms with van der Waals surface area (Å²) in [5.41, 5.74) is 1.11. The van der Waals surface area contributed by atoms with Gasteiger partial charge in [-0.2, -0.15) is 0 Å². The lowest BCUT2D eigenvalue weighted by Gasteiger charge is -2.15. The van der Waals surface area contributed by atoms with Gasteiger partial charge in [-0.25, -0.2) is 19.2 Å². The van der Waals surface area contributed by atoms with Crippen LogP contribution in [0.25, 0.3) is 0 Å². The van der Waals surface area contributed by atoms with Crippen LogP contribution in [0.15, 0.2) is 34.6 Å². The molecular formula is C17H21NO8. The van der Waals surface area contributed by atoms with Gasteiger partial charge in [0.15, 0.2) is 0 Å². The third kappa shape index (κ3) is 5.76. The molecule has 2 aliphatic rings. The minimum Gasteiger partial charge on any atom is -0.424 e. The Morgan fingerprint density at radius 2 is 1.15 bits per heavy atom. The molecule has 0 unspecified atom stereocenters. The predicted octanol–water partition coefficient (Wildman–Crippen LogP) is 0.816. The van der Waals surface area contributed by atoms with Crippen molar-refractivity contribution in [2.24, 2.45) is 0 Å². The molecule has 2 saturated heterocycles. The molecule has 26 heavy (non-hydrogen) atoms. The van der Waals surface area contributed by atoms with Crippen molar-refractivity contribution in [2.45, 2.75) is 20.8 Å². The zero-order chi connectivity index (χ0) is 19.9. The second-order valence-electron chi connectivity index (χ2n) is 5.68. The Bertz CT molecular complexity index is 660. The smallest absolute Gasteiger partial charge is 0.348 e. The Morgan fingerprint density at radius 1 is 0.769 bits per heavy atom. The number of esters is 4. The van der Waals surface area contributed by atoms with E-state index in [1.165, 1.54) is 0 Å². The summed E-state index contributed by atoms with van der Waals surface area (Å²) in [6.07, 6.45) is 3.39. The summed E-state index contributed by atoms with van der Waals surface area (Å²) in [6, 6.07) is 0. The van der Waals surface area contributed by atoms with Gasteiger partial charge < -0.3 is 23.8 Å². The van der Waals surface area contributed by atoms with Crippen LogP contribution in [0.4, 0.5) is 0 Å². The standard InChI is InChI=1S/C10H13NO4.C7H8O4/c1-7(4-5-11(2)3)8-9(12)14-6-15-10(8)13;1-4(2)5-6(8)10-3-11-7(5)9/h4-5H,6H2,1-3H3;3H2,1-2H3/b5-4+;. The van der Waals surface area contributed by atoms with Crippen LogP contribution in [0.1, 0.15) is 20.8 Å². The molecule has 0 spiro atoms. The first kappa shape index (κ1) is 20.9. The molecule has 0 saturated carbocycles. The summed E-state index contributed by atoms with van der Waals surface area (Å²) in [7, 11) is 3.68. The molecule has 2 aliphatic heterocycles. The normalized spacial score (nSPS) is 16.8. The van der Waals surface area contributed by atoms with E-state index in [1.807, 2.05) is 14.1 Å². The molecule has 142 valence electrons. The van der Waals surface area contributed by atoms with Gasteiger partial charge in [0.05, 0.1) is 0 Å². The highest BCUT2D eigenvalue weighted by atomic mass is 16.7. The Kier molecular flexibility index (Phi) is 7.57. The van der Waals surface area contributed by atoms with Crippen molar-refractivity contribution in [3.63, 3.8) is 0 Å². The maximum absolute atomic E-state index is 11.3. The highest BCUT2D eigenvalue weighted by Gasteiger charge is 2.28. The maximum Gasteiger partial charge on any atom is 0.348 e. The quantitative estimate of drug-likeness (QED) is 0.398. The minimum absolute atomic E-state index is 0.0104. The highest BCUT2D eigenvalue weighted by Crippen LogP contribution is 2.14. The van der Waals surface area contributed by atoms with Crippen LogP contribution in [-0.2, 0) is 38.1 Å². The highest BCUT2D eigenvalue weighted by molar-refractivity contribution is 6.16. The Morgan fingerprint density at radius 3 is 1.46 bits per heavy atom. The molecule has 0 amide bonds. The molecule has 0 aromatic rings. The van der Waals surface area contributed by atoms with Crippen molar-refractivity contribution in [1.29, 1.82) is 0 Å². The van der Waals surface area contributed by atoms with E-state index in [4.69, 9.17) is 0 Å². The van der Waals surface area contributed by atoms with Crippen LogP contribution < -0.4 is 0 Å². The van der Waals surface area contributed by atoms with E-state index >= 15 is 0 Å². The van der Waals surface area contributed by atoms with E-state index in [0.29, 0.717) is 11.1 Å². The van der Waals surface area contributed by atoms with Gasteiger partial charge in [-0.1, -0.05) is 5.57 Å². The average molecular weight is 367 g/mol. The van der Waals surface area contributed by atoms with Gasteiger partial charge >= 0.3 is 23.9 Å². The number of cyclic esters (lactones) is 4. The average Bonchev–Trinajstić information content (AvgIpc) is 2.53. The molecule has 0 bridgehead atoms. The van der Waals surface area contributed by atoms with Crippen LogP contribution in [0, 0.1) is 0 Å². The van der Waals surface area contributed by atoms with Crippen LogP contribution >= 0.6 is 0 Å². The largest absolute Gasteiger partial charge is 0.424 e. The second kappa shape index (κ2) is 9.40. The summed E-state index contributed by atoms with van der Waals surface area (Å²) < 4.78 is 18.2. The first-order chi connectivity index (χ1) is 12.1. The molecule has 0 aliphatic carbocycles. The Labute approximate surface area is 150 Å². The molecule has 0 N–H and O–H groups in total. The van der Waals surface area contributed by atoms with Crippen molar-refractivity contribution >= 4 is 23.9 Å². The molecular weight excluding hydrogens is 346 g/mol. The van der Waals surface area contributed by atoms with Crippen LogP contribution in [0.3, 0.4) is 0 Å². The molecule has 0 radical (unpaired) electrons. The van der Waals surface area contributed by atoms with E-state index < -0.39 is 23.9 Å². The summed E-state index contributed by atoms with van der Waals surface area (Å²) >= 11 is 0. The van der Waals surface area contributed by atoms with Crippen LogP contribution in [0.5, 0.6) is 0 Å². The van der Waals surface area contributed by atoms with E-state index in [9.17, 15) is 19.2 Å². The molecule has 0 atom stereocenters. The molecule has 9 heteroatoms. The van der Waals surface area contributed by atoms with Crippen molar-refractivity contribution < 1.29 is 38.1 Å². The van der Waals surface area contributed by atoms with Gasteiger partial charge in [0.2, 0.25) is 13.6 Å². The van der Waals surface area contributed by atoms with Crippen molar-refractivity contribution in [2.75, 3.05) is 27.7 Å². The SMILES string of the molecule is CC(/C=C/N(C)C)=C1C(=O)OCOC1=O.CC(C)=C1C(=O)OCOC1=O. The lowest BCUT2D eigenvalue weighted by Crippen LogP contribution is -2.27. The van der Waals surface area contributed by atoms with Crippen LogP contribution in [-0.4, -0.2) is 56.5 Å². The Hall–Kier alpha value is -3.10. The molecule has 2 heterocycles. The lowest BCUT2D eigenvalue weighted by atomic mass is 10.1. The Balaban J connectivity index is 0.000000273. The van der Waals surface area contributed by atoms with Gasteiger partial charge in [-0.3, -0.25) is 0 Å². The van der Waals surface area contributed by atoms with Gasteiger partial charge in [-0.15, -0.1) is 0 Å². The number of carbonyl (C=O) groups is 4. The number of allylic oxidation sites excluding steroid dienone is 3. The molecule has 0 aromatic heterocycles. The minimum atomic E-state index is -0.632. The van der Waals surface area contributed by atoms with Crippen LogP contribution in [0.2, 0.25) is 0 Å². The van der Waals surface area contributed by atoms with Crippen molar-refractivity contribution in [3.05, 3.63) is 34.6 Å². The monoisotopic (exact) mass is 367 g/mol. The fraction of sp³-hybridized carbons (Fsp3) is 0.412. The molecule has 0 aromatic carbocycles. The fourth-order valence-corrected chi connectivity index (χ4v) is 1.80. The maximum atomic E-state index is 11.3. The van der Waals surface area contributed by atoms with Crippen molar-refractivity contribution in [3.8, 4) is 0 Å². The van der Waals surface area contributed by atoms with Gasteiger partial charge in [0.25, 0.3) is 0 Å². The zero-order valence-electron chi connectivity index (χ0n) is 15.3. The molecule has 2 rings (SSSR count).